The van der Waals surface area contributed by atoms with Crippen LogP contribution in [0.25, 0.3) is 0 Å². The van der Waals surface area contributed by atoms with Crippen LogP contribution in [0.1, 0.15) is 26.7 Å². The molecule has 4 nitrogen and oxygen atoms in total. The number of hydrogen-bond donors (Lipinski definition) is 2. The molecule has 2 amide bonds. The first-order valence-electron chi connectivity index (χ1n) is 6.85. The minimum Gasteiger partial charge on any atom is -0.309 e. The van der Waals surface area contributed by atoms with E-state index in [1.165, 1.54) is 19.7 Å². The Kier molecular flexibility index (Phi) is 12.1. The molecule has 0 aromatic rings. The first-order valence-corrected chi connectivity index (χ1v) is 16.9. The van der Waals surface area contributed by atoms with Gasteiger partial charge in [0.1, 0.15) is 0 Å². The van der Waals surface area contributed by atoms with Gasteiger partial charge in [-0.1, -0.05) is 13.8 Å². The molecule has 0 spiro atoms. The Balaban J connectivity index is 3.89. The van der Waals surface area contributed by atoms with Gasteiger partial charge < -0.3 is 9.44 Å². The first-order chi connectivity index (χ1) is 10.1. The van der Waals surface area contributed by atoms with Gasteiger partial charge in [0.15, 0.2) is 0 Å². The van der Waals surface area contributed by atoms with Crippen LogP contribution >= 0.6 is 61.7 Å². The van der Waals surface area contributed by atoms with Crippen LogP contribution in [0, 0.1) is 0 Å². The molecule has 0 rings (SSSR count). The van der Waals surface area contributed by atoms with Crippen LogP contribution < -0.4 is 9.44 Å². The van der Waals surface area contributed by atoms with E-state index in [1.54, 1.807) is 0 Å². The molecular weight excluding hydrogens is 397 g/mol. The molecule has 22 heavy (non-hydrogen) atoms. The van der Waals surface area contributed by atoms with E-state index >= 15 is 0 Å². The highest BCUT2D eigenvalue weighted by atomic mass is 33.7. The minimum atomic E-state index is -1.04. The van der Waals surface area contributed by atoms with Crippen LogP contribution in [0.15, 0.2) is 0 Å². The van der Waals surface area contributed by atoms with Crippen molar-refractivity contribution in [3.05, 3.63) is 0 Å². The van der Waals surface area contributed by atoms with E-state index in [9.17, 15) is 9.59 Å². The van der Waals surface area contributed by atoms with Crippen molar-refractivity contribution in [3.63, 3.8) is 0 Å². The van der Waals surface area contributed by atoms with E-state index in [1.807, 2.05) is 0 Å². The smallest absolute Gasteiger partial charge is 0.299 e. The standard InChI is InChI=1S/C12H28N2O2S6/c1-7-9-21(3,4)13-11(15)17-19-20-18-12(16)14-22(5,6)10-8-2/h7-10H2,1-6H3,(H,13,15)(H,14,16). The van der Waals surface area contributed by atoms with E-state index in [2.05, 4.69) is 48.3 Å². The molecule has 0 aliphatic rings. The highest BCUT2D eigenvalue weighted by molar-refractivity contribution is 9.29. The van der Waals surface area contributed by atoms with E-state index in [0.717, 1.165) is 45.9 Å². The van der Waals surface area contributed by atoms with Gasteiger partial charge >= 0.3 is 0 Å². The maximum atomic E-state index is 11.8. The molecule has 0 fully saturated rings. The molecule has 0 radical (unpaired) electrons. The Morgan fingerprint density at radius 2 is 1.09 bits per heavy atom. The van der Waals surface area contributed by atoms with Crippen molar-refractivity contribution in [3.8, 4) is 0 Å². The summed E-state index contributed by atoms with van der Waals surface area (Å²) in [6.07, 6.45) is 10.6. The van der Waals surface area contributed by atoms with Gasteiger partial charge in [-0.25, -0.2) is 0 Å². The Bertz CT molecular complexity index is 332. The van der Waals surface area contributed by atoms with Crippen LogP contribution in [-0.4, -0.2) is 47.0 Å². The molecule has 0 aromatic heterocycles. The van der Waals surface area contributed by atoms with Crippen LogP contribution in [0.2, 0.25) is 0 Å². The van der Waals surface area contributed by atoms with Gasteiger partial charge in [-0.3, -0.25) is 9.59 Å². The minimum absolute atomic E-state index is 0.0242. The largest absolute Gasteiger partial charge is 0.309 e. The summed E-state index contributed by atoms with van der Waals surface area (Å²) in [5.41, 5.74) is 0. The molecule has 0 aliphatic carbocycles. The summed E-state index contributed by atoms with van der Waals surface area (Å²) >= 11 is 0. The average molecular weight is 425 g/mol. The number of amides is 2. The molecule has 134 valence electrons. The van der Waals surface area contributed by atoms with Crippen LogP contribution in [-0.2, 0) is 0 Å². The fraction of sp³-hybridized carbons (Fsp3) is 0.833. The highest BCUT2D eigenvalue weighted by Gasteiger charge is 2.17. The predicted molar refractivity (Wildman–Crippen MR) is 117 cm³/mol. The van der Waals surface area contributed by atoms with Crippen molar-refractivity contribution in [1.29, 1.82) is 0 Å². The van der Waals surface area contributed by atoms with E-state index in [-0.39, 0.29) is 10.5 Å². The second-order valence-corrected chi connectivity index (χ2v) is 18.6. The molecule has 0 bridgehead atoms. The summed E-state index contributed by atoms with van der Waals surface area (Å²) in [6, 6.07) is 0. The summed E-state index contributed by atoms with van der Waals surface area (Å²) in [7, 11) is 2.90. The zero-order valence-electron chi connectivity index (χ0n) is 14.1. The van der Waals surface area contributed by atoms with Gasteiger partial charge in [-0.05, 0) is 69.0 Å². The highest BCUT2D eigenvalue weighted by Crippen LogP contribution is 2.46. The number of nitrogens with one attached hydrogen (secondary N) is 2. The number of carbonyl (C=O) groups excluding carboxylic acids is 2. The fourth-order valence-corrected chi connectivity index (χ4v) is 10.9. The predicted octanol–water partition coefficient (Wildman–Crippen LogP) is 5.86. The summed E-state index contributed by atoms with van der Waals surface area (Å²) in [6.45, 7) is 4.24. The Labute approximate surface area is 153 Å². The zero-order chi connectivity index (χ0) is 17.2. The van der Waals surface area contributed by atoms with Gasteiger partial charge in [0.25, 0.3) is 10.5 Å². The average Bonchev–Trinajstić information content (AvgIpc) is 2.33. The third-order valence-corrected chi connectivity index (χ3v) is 12.4. The topological polar surface area (TPSA) is 58.2 Å². The van der Waals surface area contributed by atoms with Crippen LogP contribution in [0.5, 0.6) is 0 Å². The second kappa shape index (κ2) is 11.6. The van der Waals surface area contributed by atoms with Gasteiger partial charge in [0.2, 0.25) is 0 Å². The Hall–Kier alpha value is 1.04. The number of carbonyl (C=O) groups is 2. The molecule has 10 heteroatoms. The van der Waals surface area contributed by atoms with Crippen molar-refractivity contribution >= 4 is 72.1 Å². The van der Waals surface area contributed by atoms with Gasteiger partial charge in [-0.15, -0.1) is 0 Å². The summed E-state index contributed by atoms with van der Waals surface area (Å²) < 4.78 is 6.14. The molecule has 0 atom stereocenters. The van der Waals surface area contributed by atoms with Gasteiger partial charge in [0, 0.05) is 21.6 Å². The molecule has 0 saturated carbocycles. The third-order valence-electron chi connectivity index (χ3n) is 2.40. The second-order valence-electron chi connectivity index (χ2n) is 5.57. The van der Waals surface area contributed by atoms with Crippen molar-refractivity contribution in [2.24, 2.45) is 0 Å². The lowest BCUT2D eigenvalue weighted by atomic mass is 10.6. The maximum absolute atomic E-state index is 11.8. The Morgan fingerprint density at radius 1 is 0.773 bits per heavy atom. The summed E-state index contributed by atoms with van der Waals surface area (Å²) in [4.78, 5) is 23.6. The normalized spacial score (nSPS) is 13.5. The van der Waals surface area contributed by atoms with Crippen LogP contribution in [0.4, 0.5) is 9.59 Å². The lowest BCUT2D eigenvalue weighted by Crippen LogP contribution is -2.24. The molecule has 0 saturated heterocycles. The molecule has 0 heterocycles. The van der Waals surface area contributed by atoms with E-state index in [4.69, 9.17) is 0 Å². The van der Waals surface area contributed by atoms with Crippen molar-refractivity contribution in [2.75, 3.05) is 36.5 Å². The van der Waals surface area contributed by atoms with E-state index < -0.39 is 20.4 Å². The van der Waals surface area contributed by atoms with Crippen LogP contribution in [0.3, 0.4) is 0 Å². The van der Waals surface area contributed by atoms with Gasteiger partial charge in [-0.2, -0.15) is 20.4 Å². The van der Waals surface area contributed by atoms with Crippen molar-refractivity contribution < 1.29 is 9.59 Å². The molecule has 0 aromatic carbocycles. The van der Waals surface area contributed by atoms with E-state index in [0.29, 0.717) is 0 Å². The summed E-state index contributed by atoms with van der Waals surface area (Å²) in [5.74, 6) is 2.06. The molecule has 0 unspecified atom stereocenters. The summed E-state index contributed by atoms with van der Waals surface area (Å²) in [5, 5.41) is -0.0483. The molecular formula is C12H28N2O2S6. The fourth-order valence-electron chi connectivity index (χ4n) is 1.70. The monoisotopic (exact) mass is 424 g/mol. The quantitative estimate of drug-likeness (QED) is 0.357. The first kappa shape index (κ1) is 23.0. The van der Waals surface area contributed by atoms with Crippen molar-refractivity contribution in [2.45, 2.75) is 26.7 Å². The van der Waals surface area contributed by atoms with Crippen molar-refractivity contribution in [1.82, 2.24) is 9.44 Å². The molecule has 0 aliphatic heterocycles. The Morgan fingerprint density at radius 3 is 1.36 bits per heavy atom. The number of hydrogen-bond acceptors (Lipinski definition) is 6. The lowest BCUT2D eigenvalue weighted by molar-refractivity contribution is 0.264. The molecule has 2 N–H and O–H groups in total. The maximum Gasteiger partial charge on any atom is 0.299 e. The SMILES string of the molecule is CCCS(C)(C)NC(=O)SSSSC(=O)NS(C)(C)CCC. The lowest BCUT2D eigenvalue weighted by Gasteiger charge is -2.31. The third kappa shape index (κ3) is 12.5. The zero-order valence-corrected chi connectivity index (χ0v) is 19.0. The van der Waals surface area contributed by atoms with Gasteiger partial charge in [0.05, 0.1) is 0 Å². The number of rotatable bonds is 9.